The first-order valence-electron chi connectivity index (χ1n) is 8.50. The molecule has 8 heteroatoms. The largest absolute Gasteiger partial charge is 0.357 e. The van der Waals surface area contributed by atoms with E-state index in [-0.39, 0.29) is 6.04 Å². The van der Waals surface area contributed by atoms with Crippen LogP contribution >= 0.6 is 11.3 Å². The van der Waals surface area contributed by atoms with E-state index in [1.807, 2.05) is 31.8 Å². The third-order valence-corrected chi connectivity index (χ3v) is 4.98. The van der Waals surface area contributed by atoms with E-state index in [0.717, 1.165) is 29.8 Å². The molecule has 0 amide bonds. The Labute approximate surface area is 154 Å². The fourth-order valence-corrected chi connectivity index (χ4v) is 3.48. The van der Waals surface area contributed by atoms with Gasteiger partial charge in [0.1, 0.15) is 0 Å². The SMILES string of the molecule is CCNC(=NCc1sc(C)nc1C)NCC(c1cnn(C)c1)N(C)C. The van der Waals surface area contributed by atoms with Crippen LogP contribution in [-0.2, 0) is 13.6 Å². The number of nitrogens with one attached hydrogen (secondary N) is 2. The van der Waals surface area contributed by atoms with Gasteiger partial charge >= 0.3 is 0 Å². The Bertz CT molecular complexity index is 702. The number of aromatic nitrogens is 3. The molecule has 0 saturated heterocycles. The molecule has 0 aliphatic carbocycles. The summed E-state index contributed by atoms with van der Waals surface area (Å²) in [6.45, 7) is 8.37. The molecule has 0 aliphatic heterocycles. The zero-order valence-electron chi connectivity index (χ0n) is 16.0. The molecule has 7 nitrogen and oxygen atoms in total. The maximum atomic E-state index is 4.71. The Morgan fingerprint density at radius 2 is 2.12 bits per heavy atom. The quantitative estimate of drug-likeness (QED) is 0.580. The molecule has 2 rings (SSSR count). The smallest absolute Gasteiger partial charge is 0.191 e. The number of aliphatic imine (C=N–C) groups is 1. The van der Waals surface area contributed by atoms with E-state index in [9.17, 15) is 0 Å². The third kappa shape index (κ3) is 5.54. The minimum Gasteiger partial charge on any atom is -0.357 e. The monoisotopic (exact) mass is 363 g/mol. The summed E-state index contributed by atoms with van der Waals surface area (Å²) < 4.78 is 1.83. The van der Waals surface area contributed by atoms with Crippen molar-refractivity contribution in [1.29, 1.82) is 0 Å². The van der Waals surface area contributed by atoms with Gasteiger partial charge < -0.3 is 15.5 Å². The van der Waals surface area contributed by atoms with Crippen molar-refractivity contribution >= 4 is 17.3 Å². The highest BCUT2D eigenvalue weighted by Crippen LogP contribution is 2.18. The minimum absolute atomic E-state index is 0.227. The first kappa shape index (κ1) is 19.4. The molecule has 0 bridgehead atoms. The predicted molar refractivity (Wildman–Crippen MR) is 104 cm³/mol. The lowest BCUT2D eigenvalue weighted by Gasteiger charge is -2.24. The van der Waals surface area contributed by atoms with E-state index in [1.165, 1.54) is 10.4 Å². The molecule has 2 aromatic heterocycles. The van der Waals surface area contributed by atoms with E-state index in [4.69, 9.17) is 4.99 Å². The lowest BCUT2D eigenvalue weighted by Crippen LogP contribution is -2.41. The molecule has 2 N–H and O–H groups in total. The van der Waals surface area contributed by atoms with Crippen molar-refractivity contribution in [2.24, 2.45) is 12.0 Å². The molecule has 0 aromatic carbocycles. The van der Waals surface area contributed by atoms with Gasteiger partial charge in [-0.3, -0.25) is 4.68 Å². The Kier molecular flexibility index (Phi) is 6.95. The van der Waals surface area contributed by atoms with Crippen molar-refractivity contribution < 1.29 is 0 Å². The molecule has 0 spiro atoms. The van der Waals surface area contributed by atoms with Crippen LogP contribution in [0.25, 0.3) is 0 Å². The highest BCUT2D eigenvalue weighted by molar-refractivity contribution is 7.11. The second kappa shape index (κ2) is 8.96. The number of thiazole rings is 1. The second-order valence-corrected chi connectivity index (χ2v) is 7.53. The maximum absolute atomic E-state index is 4.71. The predicted octanol–water partition coefficient (Wildman–Crippen LogP) is 1.85. The van der Waals surface area contributed by atoms with Crippen molar-refractivity contribution in [2.45, 2.75) is 33.4 Å². The van der Waals surface area contributed by atoms with Gasteiger partial charge in [-0.1, -0.05) is 0 Å². The summed E-state index contributed by atoms with van der Waals surface area (Å²) in [5, 5.41) is 12.1. The van der Waals surface area contributed by atoms with Crippen LogP contribution in [0.4, 0.5) is 0 Å². The molecule has 0 saturated carbocycles. The van der Waals surface area contributed by atoms with Gasteiger partial charge in [0.25, 0.3) is 0 Å². The Balaban J connectivity index is 2.04. The van der Waals surface area contributed by atoms with Crippen LogP contribution in [0.5, 0.6) is 0 Å². The van der Waals surface area contributed by atoms with Gasteiger partial charge in [0.2, 0.25) is 0 Å². The summed E-state index contributed by atoms with van der Waals surface area (Å²) in [5.74, 6) is 0.823. The average molecular weight is 364 g/mol. The average Bonchev–Trinajstić information content (AvgIpc) is 3.10. The van der Waals surface area contributed by atoms with Gasteiger partial charge in [0.05, 0.1) is 29.5 Å². The first-order valence-corrected chi connectivity index (χ1v) is 9.32. The molecule has 2 heterocycles. The number of hydrogen-bond acceptors (Lipinski definition) is 5. The van der Waals surface area contributed by atoms with Gasteiger partial charge in [-0.05, 0) is 34.9 Å². The lowest BCUT2D eigenvalue weighted by molar-refractivity contribution is 0.298. The molecule has 2 aromatic rings. The zero-order chi connectivity index (χ0) is 18.4. The number of likely N-dealkylation sites (N-methyl/N-ethyl adjacent to an activating group) is 1. The molecule has 1 unspecified atom stereocenters. The van der Waals surface area contributed by atoms with Crippen LogP contribution in [0.2, 0.25) is 0 Å². The van der Waals surface area contributed by atoms with Crippen LogP contribution < -0.4 is 10.6 Å². The normalized spacial score (nSPS) is 13.3. The second-order valence-electron chi connectivity index (χ2n) is 6.24. The van der Waals surface area contributed by atoms with Gasteiger partial charge in [-0.25, -0.2) is 9.98 Å². The molecule has 0 fully saturated rings. The number of aryl methyl sites for hydroxylation is 3. The summed E-state index contributed by atoms with van der Waals surface area (Å²) in [6.07, 6.45) is 3.97. The number of hydrogen-bond donors (Lipinski definition) is 2. The highest BCUT2D eigenvalue weighted by atomic mass is 32.1. The van der Waals surface area contributed by atoms with Crippen molar-refractivity contribution in [3.63, 3.8) is 0 Å². The zero-order valence-corrected chi connectivity index (χ0v) is 16.8. The molecule has 1 atom stereocenters. The summed E-state index contributed by atoms with van der Waals surface area (Å²) in [4.78, 5) is 12.6. The van der Waals surface area contributed by atoms with E-state index >= 15 is 0 Å². The summed E-state index contributed by atoms with van der Waals surface area (Å²) >= 11 is 1.71. The van der Waals surface area contributed by atoms with Crippen LogP contribution in [0.3, 0.4) is 0 Å². The number of rotatable bonds is 7. The fraction of sp³-hybridized carbons (Fsp3) is 0.588. The van der Waals surface area contributed by atoms with Gasteiger partial charge in [0, 0.05) is 36.8 Å². The van der Waals surface area contributed by atoms with Gasteiger partial charge in [0.15, 0.2) is 5.96 Å². The van der Waals surface area contributed by atoms with E-state index in [1.54, 1.807) is 11.3 Å². The van der Waals surface area contributed by atoms with Crippen LogP contribution in [0.15, 0.2) is 17.4 Å². The van der Waals surface area contributed by atoms with Crippen molar-refractivity contribution in [3.05, 3.63) is 33.5 Å². The number of guanidine groups is 1. The molecule has 138 valence electrons. The fourth-order valence-electron chi connectivity index (χ4n) is 2.62. The summed E-state index contributed by atoms with van der Waals surface area (Å²) in [6, 6.07) is 0.227. The van der Waals surface area contributed by atoms with E-state index < -0.39 is 0 Å². The number of nitrogens with zero attached hydrogens (tertiary/aromatic N) is 5. The lowest BCUT2D eigenvalue weighted by atomic mass is 10.1. The molecular formula is C17H29N7S. The third-order valence-electron chi connectivity index (χ3n) is 3.92. The minimum atomic E-state index is 0.227. The van der Waals surface area contributed by atoms with Crippen molar-refractivity contribution in [2.75, 3.05) is 27.2 Å². The Morgan fingerprint density at radius 3 is 2.64 bits per heavy atom. The summed E-state index contributed by atoms with van der Waals surface area (Å²) in [5.41, 5.74) is 2.26. The highest BCUT2D eigenvalue weighted by Gasteiger charge is 2.16. The van der Waals surface area contributed by atoms with Gasteiger partial charge in [-0.15, -0.1) is 11.3 Å². The Hall–Kier alpha value is -1.93. The standard InChI is InChI=1S/C17H29N7S/c1-7-18-17(20-10-16-12(2)22-13(3)25-16)19-9-15(23(4)5)14-8-21-24(6)11-14/h8,11,15H,7,9-10H2,1-6H3,(H2,18,19,20). The molecule has 0 radical (unpaired) electrons. The topological polar surface area (TPSA) is 70.4 Å². The van der Waals surface area contributed by atoms with Crippen LogP contribution in [0, 0.1) is 13.8 Å². The van der Waals surface area contributed by atoms with Gasteiger partial charge in [-0.2, -0.15) is 5.10 Å². The first-order chi connectivity index (χ1) is 11.9. The van der Waals surface area contributed by atoms with Crippen molar-refractivity contribution in [1.82, 2.24) is 30.3 Å². The summed E-state index contributed by atoms with van der Waals surface area (Å²) in [7, 11) is 6.09. The van der Waals surface area contributed by atoms with E-state index in [0.29, 0.717) is 6.54 Å². The maximum Gasteiger partial charge on any atom is 0.191 e. The van der Waals surface area contributed by atoms with Crippen LogP contribution in [-0.4, -0.2) is 52.8 Å². The van der Waals surface area contributed by atoms with Crippen molar-refractivity contribution in [3.8, 4) is 0 Å². The molecular weight excluding hydrogens is 334 g/mol. The Morgan fingerprint density at radius 1 is 1.36 bits per heavy atom. The van der Waals surface area contributed by atoms with Crippen LogP contribution in [0.1, 0.15) is 34.1 Å². The molecule has 0 aliphatic rings. The van der Waals surface area contributed by atoms with E-state index in [2.05, 4.69) is 52.8 Å². The molecule has 25 heavy (non-hydrogen) atoms.